The minimum atomic E-state index is -4.73. The zero-order valence-corrected chi connectivity index (χ0v) is 4.47. The molecule has 0 N–H and O–H groups in total. The van der Waals surface area contributed by atoms with E-state index in [9.17, 15) is 13.2 Å². The molecular weight excluding hydrogens is 151 g/mol. The molecule has 1 heterocycles. The van der Waals surface area contributed by atoms with Crippen LogP contribution in [-0.2, 0) is 0 Å². The van der Waals surface area contributed by atoms with Crippen molar-refractivity contribution < 1.29 is 22.4 Å². The molecule has 0 saturated heterocycles. The van der Waals surface area contributed by atoms with Crippen molar-refractivity contribution in [3.05, 3.63) is 12.3 Å². The number of nitrogens with zero attached hydrogens (tertiary/aromatic N) is 1. The molecule has 1 radical (unpaired) electrons. The predicted octanol–water partition coefficient (Wildman–Crippen LogP) is 1.37. The van der Waals surface area contributed by atoms with E-state index in [0.29, 0.717) is 0 Å². The quantitative estimate of drug-likeness (QED) is 0.609. The lowest BCUT2D eigenvalue weighted by Crippen LogP contribution is -2.17. The van der Waals surface area contributed by atoms with Crippen LogP contribution in [0.5, 0.6) is 5.88 Å². The zero-order valence-electron chi connectivity index (χ0n) is 4.47. The molecule has 0 atom stereocenters. The maximum absolute atomic E-state index is 11.3. The summed E-state index contributed by atoms with van der Waals surface area (Å²) in [6.07, 6.45) is -3.87. The molecule has 55 valence electrons. The number of rotatable bonds is 1. The van der Waals surface area contributed by atoms with E-state index in [1.165, 1.54) is 0 Å². The monoisotopic (exact) mass is 152 g/mol. The average molecular weight is 152 g/mol. The molecule has 1 rings (SSSR count). The Hall–Kier alpha value is -1.20. The van der Waals surface area contributed by atoms with Gasteiger partial charge in [0, 0.05) is 0 Å². The van der Waals surface area contributed by atoms with Gasteiger partial charge in [0.15, 0.2) is 0 Å². The summed E-state index contributed by atoms with van der Waals surface area (Å²) in [6, 6.07) is 1.97. The van der Waals surface area contributed by atoms with Crippen molar-refractivity contribution in [1.82, 2.24) is 5.16 Å². The van der Waals surface area contributed by atoms with E-state index in [2.05, 4.69) is 14.4 Å². The fourth-order valence-electron chi connectivity index (χ4n) is 0.335. The molecule has 0 aromatic carbocycles. The first-order valence-electron chi connectivity index (χ1n) is 2.16. The van der Waals surface area contributed by atoms with E-state index in [0.717, 1.165) is 6.26 Å². The van der Waals surface area contributed by atoms with Gasteiger partial charge in [-0.2, -0.15) is 0 Å². The lowest BCUT2D eigenvalue weighted by Gasteiger charge is -2.02. The van der Waals surface area contributed by atoms with Gasteiger partial charge in [-0.3, -0.25) is 0 Å². The second-order valence-electron chi connectivity index (χ2n) is 1.31. The molecule has 1 aromatic heterocycles. The normalized spacial score (nSPS) is 11.5. The Balaban J connectivity index is 2.57. The van der Waals surface area contributed by atoms with Crippen molar-refractivity contribution in [2.75, 3.05) is 0 Å². The number of hydrogen-bond acceptors (Lipinski definition) is 3. The lowest BCUT2D eigenvalue weighted by atomic mass is 10.7. The first kappa shape index (κ1) is 6.91. The van der Waals surface area contributed by atoms with Gasteiger partial charge in [0.25, 0.3) is 5.88 Å². The van der Waals surface area contributed by atoms with Crippen LogP contribution in [0, 0.1) is 6.07 Å². The maximum Gasteiger partial charge on any atom is 0.574 e. The van der Waals surface area contributed by atoms with Crippen molar-refractivity contribution in [2.45, 2.75) is 6.36 Å². The number of ether oxygens (including phenoxy) is 1. The minimum Gasteiger partial charge on any atom is -0.384 e. The summed E-state index contributed by atoms with van der Waals surface area (Å²) in [5.41, 5.74) is 0. The molecule has 0 bridgehead atoms. The van der Waals surface area contributed by atoms with Gasteiger partial charge in [-0.15, -0.1) is 13.2 Å². The van der Waals surface area contributed by atoms with Gasteiger partial charge >= 0.3 is 6.36 Å². The Morgan fingerprint density at radius 3 is 2.70 bits per heavy atom. The fourth-order valence-corrected chi connectivity index (χ4v) is 0.335. The maximum atomic E-state index is 11.3. The minimum absolute atomic E-state index is 0.715. The largest absolute Gasteiger partial charge is 0.574 e. The van der Waals surface area contributed by atoms with Crippen LogP contribution < -0.4 is 4.74 Å². The molecule has 0 amide bonds. The number of hydrogen-bond donors (Lipinski definition) is 0. The third-order valence-corrected chi connectivity index (χ3v) is 0.583. The third kappa shape index (κ3) is 1.96. The van der Waals surface area contributed by atoms with Crippen molar-refractivity contribution >= 4 is 0 Å². The summed E-state index contributed by atoms with van der Waals surface area (Å²) in [4.78, 5) is 0. The van der Waals surface area contributed by atoms with Crippen LogP contribution in [0.2, 0.25) is 0 Å². The number of alkyl halides is 3. The van der Waals surface area contributed by atoms with Gasteiger partial charge < -0.3 is 9.26 Å². The van der Waals surface area contributed by atoms with Crippen LogP contribution in [0.25, 0.3) is 0 Å². The van der Waals surface area contributed by atoms with E-state index in [1.807, 2.05) is 6.07 Å². The molecule has 0 aliphatic heterocycles. The highest BCUT2D eigenvalue weighted by Crippen LogP contribution is 2.19. The SMILES string of the molecule is FC(F)(F)Oc1[c]con1. The summed E-state index contributed by atoms with van der Waals surface area (Å²) in [5.74, 6) is -0.715. The van der Waals surface area contributed by atoms with Crippen molar-refractivity contribution in [1.29, 1.82) is 0 Å². The van der Waals surface area contributed by atoms with Crippen LogP contribution in [0.4, 0.5) is 13.2 Å². The van der Waals surface area contributed by atoms with Gasteiger partial charge in [0.05, 0.1) is 6.07 Å². The molecule has 6 heteroatoms. The molecule has 0 fully saturated rings. The van der Waals surface area contributed by atoms with Crippen molar-refractivity contribution in [2.24, 2.45) is 0 Å². The fraction of sp³-hybridized carbons (Fsp3) is 0.250. The smallest absolute Gasteiger partial charge is 0.384 e. The third-order valence-electron chi connectivity index (χ3n) is 0.583. The van der Waals surface area contributed by atoms with Gasteiger partial charge in [0.1, 0.15) is 6.26 Å². The Kier molecular flexibility index (Phi) is 1.52. The molecular formula is C4HF3NO2. The van der Waals surface area contributed by atoms with Crippen LogP contribution in [0.1, 0.15) is 0 Å². The summed E-state index contributed by atoms with van der Waals surface area (Å²) in [6.45, 7) is 0. The molecule has 0 aliphatic carbocycles. The lowest BCUT2D eigenvalue weighted by molar-refractivity contribution is -0.276. The first-order valence-corrected chi connectivity index (χ1v) is 2.16. The molecule has 3 nitrogen and oxygen atoms in total. The molecule has 1 aromatic rings. The van der Waals surface area contributed by atoms with E-state index < -0.39 is 12.2 Å². The summed E-state index contributed by atoms with van der Waals surface area (Å²) in [7, 11) is 0. The molecule has 0 unspecified atom stereocenters. The van der Waals surface area contributed by atoms with Crippen molar-refractivity contribution in [3.63, 3.8) is 0 Å². The van der Waals surface area contributed by atoms with Crippen LogP contribution >= 0.6 is 0 Å². The van der Waals surface area contributed by atoms with Crippen LogP contribution in [0.3, 0.4) is 0 Å². The number of halogens is 3. The van der Waals surface area contributed by atoms with Gasteiger partial charge in [-0.25, -0.2) is 0 Å². The Labute approximate surface area is 53.4 Å². The molecule has 0 aliphatic rings. The zero-order chi connectivity index (χ0) is 7.61. The second kappa shape index (κ2) is 2.20. The van der Waals surface area contributed by atoms with E-state index in [1.54, 1.807) is 0 Å². The summed E-state index contributed by atoms with van der Waals surface area (Å²) >= 11 is 0. The molecule has 10 heavy (non-hydrogen) atoms. The Bertz CT molecular complexity index is 193. The first-order chi connectivity index (χ1) is 4.58. The van der Waals surface area contributed by atoms with Gasteiger partial charge in [0.2, 0.25) is 0 Å². The standard InChI is InChI=1S/C4HF3NO2/c5-4(6,7)10-3-1-2-9-8-3/h2H. The summed E-state index contributed by atoms with van der Waals surface area (Å²) < 4.78 is 41.2. The topological polar surface area (TPSA) is 35.3 Å². The van der Waals surface area contributed by atoms with E-state index >= 15 is 0 Å². The van der Waals surface area contributed by atoms with Crippen molar-refractivity contribution in [3.8, 4) is 5.88 Å². The van der Waals surface area contributed by atoms with E-state index in [4.69, 9.17) is 0 Å². The highest BCUT2D eigenvalue weighted by Gasteiger charge is 2.32. The predicted molar refractivity (Wildman–Crippen MR) is 22.0 cm³/mol. The molecule has 0 saturated carbocycles. The highest BCUT2D eigenvalue weighted by molar-refractivity contribution is 4.99. The Morgan fingerprint density at radius 1 is 1.60 bits per heavy atom. The summed E-state index contributed by atoms with van der Waals surface area (Å²) in [5, 5.41) is 2.83. The average Bonchev–Trinajstić information content (AvgIpc) is 2.12. The highest BCUT2D eigenvalue weighted by atomic mass is 19.4. The van der Waals surface area contributed by atoms with E-state index in [-0.39, 0.29) is 0 Å². The van der Waals surface area contributed by atoms with Crippen LogP contribution in [0.15, 0.2) is 10.8 Å². The van der Waals surface area contributed by atoms with Gasteiger partial charge in [-0.05, 0) is 5.16 Å². The second-order valence-corrected chi connectivity index (χ2v) is 1.31. The Morgan fingerprint density at radius 2 is 2.30 bits per heavy atom. The number of aromatic nitrogens is 1. The molecule has 0 spiro atoms. The van der Waals surface area contributed by atoms with Crippen LogP contribution in [-0.4, -0.2) is 11.5 Å². The van der Waals surface area contributed by atoms with Gasteiger partial charge in [-0.1, -0.05) is 0 Å².